The normalized spacial score (nSPS) is 15.8. The van der Waals surface area contributed by atoms with Crippen molar-refractivity contribution in [1.29, 1.82) is 0 Å². The van der Waals surface area contributed by atoms with Gasteiger partial charge in [0.05, 0.1) is 5.56 Å². The third-order valence-electron chi connectivity index (χ3n) is 6.54. The van der Waals surface area contributed by atoms with Crippen LogP contribution in [0.3, 0.4) is 0 Å². The van der Waals surface area contributed by atoms with Crippen molar-refractivity contribution in [3.63, 3.8) is 0 Å². The van der Waals surface area contributed by atoms with Crippen molar-refractivity contribution in [3.8, 4) is 11.3 Å². The topological polar surface area (TPSA) is 97.3 Å². The molecule has 1 fully saturated rings. The second-order valence-electron chi connectivity index (χ2n) is 8.88. The zero-order valence-corrected chi connectivity index (χ0v) is 19.6. The predicted molar refractivity (Wildman–Crippen MR) is 141 cm³/mol. The van der Waals surface area contributed by atoms with E-state index in [1.807, 2.05) is 60.7 Å². The number of ketones is 1. The number of furan rings is 1. The molecule has 0 spiro atoms. The standard InChI is InChI=1S/C29H25N5O2/c30-29-22(15-21(17-32-29)26-16-20-9-4-5-11-25(20)36-26)28(35)23-10-6-12-27(33-23)34-14-13-31-24(18-34)19-7-2-1-3-8-19/h1-12,15-17,24,31H,13-14,18H2,(H2,30,32). The Morgan fingerprint density at radius 1 is 1.00 bits per heavy atom. The SMILES string of the molecule is Nc1ncc(-c2cc3ccccc3o2)cc1C(=O)c1cccc(N2CCNC(c3ccccc3)C2)n1. The van der Waals surface area contributed by atoms with E-state index in [0.29, 0.717) is 22.6 Å². The van der Waals surface area contributed by atoms with E-state index in [1.54, 1.807) is 18.3 Å². The summed E-state index contributed by atoms with van der Waals surface area (Å²) in [6.07, 6.45) is 1.62. The molecular weight excluding hydrogens is 450 g/mol. The van der Waals surface area contributed by atoms with Crippen LogP contribution >= 0.6 is 0 Å². The number of piperazine rings is 1. The molecule has 5 aromatic rings. The molecule has 0 radical (unpaired) electrons. The van der Waals surface area contributed by atoms with Gasteiger partial charge in [-0.2, -0.15) is 0 Å². The lowest BCUT2D eigenvalue weighted by molar-refractivity contribution is 0.103. The van der Waals surface area contributed by atoms with Gasteiger partial charge < -0.3 is 20.4 Å². The Kier molecular flexibility index (Phi) is 5.67. The fourth-order valence-electron chi connectivity index (χ4n) is 4.65. The van der Waals surface area contributed by atoms with E-state index in [4.69, 9.17) is 15.1 Å². The molecule has 7 nitrogen and oxygen atoms in total. The number of para-hydroxylation sites is 1. The summed E-state index contributed by atoms with van der Waals surface area (Å²) in [6, 6.07) is 27.5. The van der Waals surface area contributed by atoms with E-state index >= 15 is 0 Å². The van der Waals surface area contributed by atoms with Crippen molar-refractivity contribution in [2.45, 2.75) is 6.04 Å². The largest absolute Gasteiger partial charge is 0.456 e. The molecule has 1 aliphatic heterocycles. The number of carbonyl (C=O) groups is 1. The highest BCUT2D eigenvalue weighted by atomic mass is 16.3. The Balaban J connectivity index is 1.28. The van der Waals surface area contributed by atoms with E-state index in [0.717, 1.165) is 36.4 Å². The Hall–Kier alpha value is -4.49. The number of nitrogens with one attached hydrogen (secondary N) is 1. The van der Waals surface area contributed by atoms with Gasteiger partial charge in [-0.05, 0) is 35.9 Å². The van der Waals surface area contributed by atoms with Gasteiger partial charge >= 0.3 is 0 Å². The second kappa shape index (κ2) is 9.28. The van der Waals surface area contributed by atoms with E-state index in [9.17, 15) is 4.79 Å². The van der Waals surface area contributed by atoms with Crippen LogP contribution < -0.4 is 16.0 Å². The molecule has 0 saturated carbocycles. The second-order valence-corrected chi connectivity index (χ2v) is 8.88. The molecular formula is C29H25N5O2. The van der Waals surface area contributed by atoms with Crippen LogP contribution in [0.1, 0.15) is 27.7 Å². The molecule has 0 amide bonds. The number of rotatable bonds is 5. The number of nitrogen functional groups attached to an aromatic ring is 1. The molecule has 2 aromatic carbocycles. The van der Waals surface area contributed by atoms with Crippen LogP contribution in [0.4, 0.5) is 11.6 Å². The number of fused-ring (bicyclic) bond motifs is 1. The first-order chi connectivity index (χ1) is 17.7. The number of nitrogens with zero attached hydrogens (tertiary/aromatic N) is 3. The Labute approximate surface area is 208 Å². The number of aromatic nitrogens is 2. The predicted octanol–water partition coefficient (Wildman–Crippen LogP) is 4.85. The van der Waals surface area contributed by atoms with Gasteiger partial charge in [-0.1, -0.05) is 54.6 Å². The minimum Gasteiger partial charge on any atom is -0.456 e. The molecule has 0 aliphatic carbocycles. The molecule has 1 atom stereocenters. The summed E-state index contributed by atoms with van der Waals surface area (Å²) in [7, 11) is 0. The molecule has 1 unspecified atom stereocenters. The highest BCUT2D eigenvalue weighted by molar-refractivity contribution is 6.11. The van der Waals surface area contributed by atoms with Gasteiger partial charge in [-0.25, -0.2) is 9.97 Å². The minimum atomic E-state index is -0.269. The summed E-state index contributed by atoms with van der Waals surface area (Å²) in [5.41, 5.74) is 9.47. The summed E-state index contributed by atoms with van der Waals surface area (Å²) < 4.78 is 5.96. The van der Waals surface area contributed by atoms with Crippen molar-refractivity contribution < 1.29 is 9.21 Å². The van der Waals surface area contributed by atoms with Gasteiger partial charge in [0, 0.05) is 42.8 Å². The van der Waals surface area contributed by atoms with Gasteiger partial charge in [0.2, 0.25) is 5.78 Å². The van der Waals surface area contributed by atoms with Crippen molar-refractivity contribution in [3.05, 3.63) is 108 Å². The number of hydrogen-bond donors (Lipinski definition) is 2. The van der Waals surface area contributed by atoms with Gasteiger partial charge in [0.15, 0.2) is 0 Å². The van der Waals surface area contributed by atoms with Crippen molar-refractivity contribution in [2.75, 3.05) is 30.3 Å². The first-order valence-electron chi connectivity index (χ1n) is 12.0. The van der Waals surface area contributed by atoms with Crippen LogP contribution in [-0.4, -0.2) is 35.4 Å². The van der Waals surface area contributed by atoms with Gasteiger partial charge in [0.1, 0.15) is 28.7 Å². The molecule has 6 rings (SSSR count). The first kappa shape index (κ1) is 22.0. The molecule has 1 saturated heterocycles. The number of benzene rings is 2. The summed E-state index contributed by atoms with van der Waals surface area (Å²) >= 11 is 0. The average molecular weight is 476 g/mol. The summed E-state index contributed by atoms with van der Waals surface area (Å²) in [4.78, 5) is 24.7. The van der Waals surface area contributed by atoms with Gasteiger partial charge in [0.25, 0.3) is 0 Å². The summed E-state index contributed by atoms with van der Waals surface area (Å²) in [5, 5.41) is 4.55. The number of carbonyl (C=O) groups excluding carboxylic acids is 1. The van der Waals surface area contributed by atoms with E-state index in [1.165, 1.54) is 5.56 Å². The fraction of sp³-hybridized carbons (Fsp3) is 0.138. The molecule has 1 aliphatic rings. The number of nitrogens with two attached hydrogens (primary N) is 1. The number of hydrogen-bond acceptors (Lipinski definition) is 7. The lowest BCUT2D eigenvalue weighted by Gasteiger charge is -2.35. The van der Waals surface area contributed by atoms with E-state index in [2.05, 4.69) is 27.3 Å². The van der Waals surface area contributed by atoms with Crippen LogP contribution in [0.25, 0.3) is 22.3 Å². The zero-order chi connectivity index (χ0) is 24.5. The molecule has 7 heteroatoms. The maximum absolute atomic E-state index is 13.5. The maximum atomic E-state index is 13.5. The lowest BCUT2D eigenvalue weighted by Crippen LogP contribution is -2.46. The third-order valence-corrected chi connectivity index (χ3v) is 6.54. The van der Waals surface area contributed by atoms with E-state index in [-0.39, 0.29) is 17.6 Å². The molecule has 3 aromatic heterocycles. The Bertz CT molecular complexity index is 1510. The van der Waals surface area contributed by atoms with Crippen LogP contribution in [0.2, 0.25) is 0 Å². The Morgan fingerprint density at radius 2 is 1.83 bits per heavy atom. The van der Waals surface area contributed by atoms with Crippen molar-refractivity contribution >= 4 is 28.4 Å². The highest BCUT2D eigenvalue weighted by Gasteiger charge is 2.23. The number of anilines is 2. The minimum absolute atomic E-state index is 0.165. The first-order valence-corrected chi connectivity index (χ1v) is 12.0. The zero-order valence-electron chi connectivity index (χ0n) is 19.6. The maximum Gasteiger partial charge on any atom is 0.215 e. The number of pyridine rings is 2. The quantitative estimate of drug-likeness (QED) is 0.351. The van der Waals surface area contributed by atoms with Crippen LogP contribution in [-0.2, 0) is 0 Å². The summed E-state index contributed by atoms with van der Waals surface area (Å²) in [5.74, 6) is 1.29. The molecule has 0 bridgehead atoms. The average Bonchev–Trinajstić information content (AvgIpc) is 3.38. The third kappa shape index (κ3) is 4.21. The monoisotopic (exact) mass is 475 g/mol. The lowest BCUT2D eigenvalue weighted by atomic mass is 10.0. The molecule has 3 N–H and O–H groups in total. The molecule has 4 heterocycles. The van der Waals surface area contributed by atoms with Crippen LogP contribution in [0, 0.1) is 0 Å². The van der Waals surface area contributed by atoms with Gasteiger partial charge in [-0.3, -0.25) is 4.79 Å². The van der Waals surface area contributed by atoms with Crippen LogP contribution in [0.15, 0.2) is 95.5 Å². The van der Waals surface area contributed by atoms with Crippen LogP contribution in [0.5, 0.6) is 0 Å². The van der Waals surface area contributed by atoms with Gasteiger partial charge in [-0.15, -0.1) is 0 Å². The summed E-state index contributed by atoms with van der Waals surface area (Å²) in [6.45, 7) is 2.40. The molecule has 178 valence electrons. The smallest absolute Gasteiger partial charge is 0.215 e. The van der Waals surface area contributed by atoms with E-state index < -0.39 is 0 Å². The molecule has 36 heavy (non-hydrogen) atoms. The Morgan fingerprint density at radius 3 is 2.69 bits per heavy atom. The van der Waals surface area contributed by atoms with Crippen molar-refractivity contribution in [1.82, 2.24) is 15.3 Å². The highest BCUT2D eigenvalue weighted by Crippen LogP contribution is 2.30. The fourth-order valence-corrected chi connectivity index (χ4v) is 4.65. The van der Waals surface area contributed by atoms with Crippen molar-refractivity contribution in [2.24, 2.45) is 0 Å².